The second kappa shape index (κ2) is 16.3. The summed E-state index contributed by atoms with van der Waals surface area (Å²) in [5.41, 5.74) is 11.6. The second-order valence-electron chi connectivity index (χ2n) is 12.6. The first kappa shape index (κ1) is 38.1. The molecule has 1 aromatic heterocycles. The first-order valence-corrected chi connectivity index (χ1v) is 18.2. The summed E-state index contributed by atoms with van der Waals surface area (Å²) in [5.74, 6) is -0.117. The molecule has 0 bridgehead atoms. The molecule has 0 saturated carbocycles. The minimum atomic E-state index is -4.30. The van der Waals surface area contributed by atoms with Gasteiger partial charge in [0.1, 0.15) is 28.3 Å². The molecule has 1 aliphatic rings. The number of hydrogen-bond donors (Lipinski definition) is 5. The zero-order valence-electron chi connectivity index (χ0n) is 27.9. The molecular weight excluding hydrogens is 691 g/mol. The number of benzene rings is 2. The lowest BCUT2D eigenvalue weighted by atomic mass is 10.0. The van der Waals surface area contributed by atoms with E-state index in [1.54, 1.807) is 11.0 Å². The van der Waals surface area contributed by atoms with Crippen LogP contribution in [0.4, 0.5) is 0 Å². The Bertz CT molecular complexity index is 1800. The number of piperazine rings is 1. The molecule has 1 atom stereocenters. The molecule has 16 heteroatoms. The molecule has 1 saturated heterocycles. The molecule has 1 aliphatic heterocycles. The lowest BCUT2D eigenvalue weighted by Crippen LogP contribution is -2.60. The summed E-state index contributed by atoms with van der Waals surface area (Å²) in [5, 5.41) is 10.9. The monoisotopic (exact) mass is 734 g/mol. The van der Waals surface area contributed by atoms with Crippen molar-refractivity contribution in [2.75, 3.05) is 32.7 Å². The van der Waals surface area contributed by atoms with Crippen LogP contribution >= 0.6 is 23.2 Å². The fourth-order valence-corrected chi connectivity index (χ4v) is 7.86. The molecule has 0 aliphatic carbocycles. The number of nitrogens with zero attached hydrogens (tertiary/aromatic N) is 3. The first-order valence-electron chi connectivity index (χ1n) is 16.0. The van der Waals surface area contributed by atoms with Crippen LogP contribution in [0.5, 0.6) is 5.75 Å². The Kier molecular flexibility index (Phi) is 12.7. The van der Waals surface area contributed by atoms with Crippen LogP contribution in [0.15, 0.2) is 47.4 Å². The molecule has 4 rings (SSSR count). The molecule has 1 fully saturated rings. The lowest BCUT2D eigenvalue weighted by Gasteiger charge is -2.39. The van der Waals surface area contributed by atoms with E-state index in [4.69, 9.17) is 44.8 Å². The second-order valence-corrected chi connectivity index (χ2v) is 15.0. The standard InChI is InChI=1S/C33H44Cl2N8O5S/c1-21-10-11-22-7-6-9-26(30(22)40-21)48-20-24-25(34)12-13-27(29(24)35)49(46,47)41-33(2,3)31(45)43-17-15-42(16-18-43)28(44)19-23(36)8-4-5-14-39-32(37)38/h6-7,9-13,23,41H,4-5,8,14-20,36H2,1-3H3,(H4,37,38,39)/t23-/m0/s1. The minimum Gasteiger partial charge on any atom is -0.487 e. The number of para-hydroxylation sites is 1. The molecule has 13 nitrogen and oxygen atoms in total. The van der Waals surface area contributed by atoms with E-state index < -0.39 is 21.5 Å². The van der Waals surface area contributed by atoms with Crippen molar-refractivity contribution < 1.29 is 22.7 Å². The highest BCUT2D eigenvalue weighted by atomic mass is 35.5. The van der Waals surface area contributed by atoms with Gasteiger partial charge in [0.05, 0.1) is 5.02 Å². The molecule has 2 heterocycles. The van der Waals surface area contributed by atoms with Crippen molar-refractivity contribution >= 4 is 61.9 Å². The minimum absolute atomic E-state index is 0.0782. The molecule has 49 heavy (non-hydrogen) atoms. The zero-order valence-corrected chi connectivity index (χ0v) is 30.2. The number of fused-ring (bicyclic) bond motifs is 1. The van der Waals surface area contributed by atoms with Gasteiger partial charge in [0.2, 0.25) is 21.8 Å². The summed E-state index contributed by atoms with van der Waals surface area (Å²) in [7, 11) is -4.30. The molecule has 0 radical (unpaired) electrons. The summed E-state index contributed by atoms with van der Waals surface area (Å²) >= 11 is 13.1. The van der Waals surface area contributed by atoms with E-state index >= 15 is 0 Å². The van der Waals surface area contributed by atoms with Gasteiger partial charge in [-0.25, -0.2) is 13.4 Å². The van der Waals surface area contributed by atoms with E-state index in [0.717, 1.165) is 23.9 Å². The van der Waals surface area contributed by atoms with E-state index in [9.17, 15) is 18.0 Å². The van der Waals surface area contributed by atoms with E-state index in [1.807, 2.05) is 31.2 Å². The molecule has 2 amide bonds. The number of amides is 2. The van der Waals surface area contributed by atoms with Crippen LogP contribution in [0.1, 0.15) is 50.8 Å². The SMILES string of the molecule is Cc1ccc2cccc(OCc3c(Cl)ccc(S(=O)(=O)NC(C)(C)C(=O)N4CCN(C(=O)C[C@@H](N)CCCCNC(=N)N)CC4)c3Cl)c2n1. The molecule has 0 spiro atoms. The van der Waals surface area contributed by atoms with Gasteiger partial charge >= 0.3 is 0 Å². The highest BCUT2D eigenvalue weighted by molar-refractivity contribution is 7.89. The highest BCUT2D eigenvalue weighted by Crippen LogP contribution is 2.34. The number of unbranched alkanes of at least 4 members (excludes halogenated alkanes) is 1. The number of ether oxygens (including phenoxy) is 1. The number of halogens is 2. The number of aromatic nitrogens is 1. The first-order chi connectivity index (χ1) is 23.1. The number of hydrogen-bond acceptors (Lipinski definition) is 8. The Morgan fingerprint density at radius 3 is 2.45 bits per heavy atom. The smallest absolute Gasteiger partial charge is 0.243 e. The summed E-state index contributed by atoms with van der Waals surface area (Å²) in [4.78, 5) is 33.9. The van der Waals surface area contributed by atoms with Crippen molar-refractivity contribution in [1.82, 2.24) is 24.8 Å². The Labute approximate surface area is 297 Å². The number of nitrogens with two attached hydrogens (primary N) is 2. The molecule has 3 aromatic rings. The number of carbonyl (C=O) groups excluding carboxylic acids is 2. The summed E-state index contributed by atoms with van der Waals surface area (Å²) in [6, 6.07) is 11.8. The molecular formula is C33H44Cl2N8O5S. The number of carbonyl (C=O) groups is 2. The third-order valence-electron chi connectivity index (χ3n) is 8.23. The molecule has 0 unspecified atom stereocenters. The van der Waals surface area contributed by atoms with Crippen LogP contribution in [0.2, 0.25) is 10.0 Å². The Morgan fingerprint density at radius 2 is 1.76 bits per heavy atom. The maximum Gasteiger partial charge on any atom is 0.243 e. The number of guanidine groups is 1. The van der Waals surface area contributed by atoms with Crippen LogP contribution in [-0.4, -0.2) is 85.3 Å². The van der Waals surface area contributed by atoms with Gasteiger partial charge < -0.3 is 31.3 Å². The Morgan fingerprint density at radius 1 is 1.06 bits per heavy atom. The fourth-order valence-electron chi connectivity index (χ4n) is 5.60. The third-order valence-corrected chi connectivity index (χ3v) is 10.8. The number of nitrogens with one attached hydrogen (secondary N) is 3. The zero-order chi connectivity index (χ0) is 35.9. The number of aryl methyl sites for hydroxylation is 1. The van der Waals surface area contributed by atoms with Crippen LogP contribution in [0.25, 0.3) is 10.9 Å². The number of rotatable bonds is 14. The number of pyridine rings is 1. The van der Waals surface area contributed by atoms with Crippen molar-refractivity contribution in [2.45, 2.75) is 69.5 Å². The Hall–Kier alpha value is -3.69. The van der Waals surface area contributed by atoms with E-state index in [2.05, 4.69) is 15.0 Å². The predicted octanol–water partition coefficient (Wildman–Crippen LogP) is 3.53. The van der Waals surface area contributed by atoms with Gasteiger partial charge in [-0.2, -0.15) is 4.72 Å². The average molecular weight is 736 g/mol. The van der Waals surface area contributed by atoms with E-state index in [1.165, 1.54) is 30.9 Å². The lowest BCUT2D eigenvalue weighted by molar-refractivity contribution is -0.142. The summed E-state index contributed by atoms with van der Waals surface area (Å²) in [6.45, 7) is 6.40. The van der Waals surface area contributed by atoms with Crippen LogP contribution < -0.4 is 26.2 Å². The van der Waals surface area contributed by atoms with Gasteiger partial charge in [0, 0.05) is 66.9 Å². The fraction of sp³-hybridized carbons (Fsp3) is 0.455. The van der Waals surface area contributed by atoms with Gasteiger partial charge in [-0.1, -0.05) is 47.8 Å². The van der Waals surface area contributed by atoms with Crippen molar-refractivity contribution in [3.05, 3.63) is 63.8 Å². The van der Waals surface area contributed by atoms with Gasteiger partial charge in [-0.3, -0.25) is 15.0 Å². The van der Waals surface area contributed by atoms with Gasteiger partial charge in [0.25, 0.3) is 0 Å². The van der Waals surface area contributed by atoms with Crippen LogP contribution in [0, 0.1) is 12.3 Å². The molecule has 2 aromatic carbocycles. The topological polar surface area (TPSA) is 197 Å². The van der Waals surface area contributed by atoms with Crippen molar-refractivity contribution in [1.29, 1.82) is 5.41 Å². The number of sulfonamides is 1. The van der Waals surface area contributed by atoms with Gasteiger partial charge in [-0.05, 0) is 57.9 Å². The molecule has 7 N–H and O–H groups in total. The van der Waals surface area contributed by atoms with Crippen LogP contribution in [-0.2, 0) is 26.2 Å². The van der Waals surface area contributed by atoms with Crippen molar-refractivity contribution in [3.63, 3.8) is 0 Å². The average Bonchev–Trinajstić information content (AvgIpc) is 3.03. The summed E-state index contributed by atoms with van der Waals surface area (Å²) in [6.07, 6.45) is 2.42. The van der Waals surface area contributed by atoms with E-state index in [0.29, 0.717) is 37.3 Å². The maximum atomic E-state index is 13.6. The van der Waals surface area contributed by atoms with Gasteiger partial charge in [-0.15, -0.1) is 0 Å². The normalized spacial score (nSPS) is 14.5. The maximum absolute atomic E-state index is 13.6. The van der Waals surface area contributed by atoms with Gasteiger partial charge in [0.15, 0.2) is 5.96 Å². The largest absolute Gasteiger partial charge is 0.487 e. The molecule has 266 valence electrons. The van der Waals surface area contributed by atoms with Crippen LogP contribution in [0.3, 0.4) is 0 Å². The Balaban J connectivity index is 1.35. The van der Waals surface area contributed by atoms with Crippen molar-refractivity contribution in [3.8, 4) is 5.75 Å². The highest BCUT2D eigenvalue weighted by Gasteiger charge is 2.39. The third kappa shape index (κ3) is 9.94. The quantitative estimate of drug-likeness (QED) is 0.0935. The van der Waals surface area contributed by atoms with Crippen molar-refractivity contribution in [2.24, 2.45) is 11.5 Å². The van der Waals surface area contributed by atoms with E-state index in [-0.39, 0.29) is 64.5 Å². The summed E-state index contributed by atoms with van der Waals surface area (Å²) < 4.78 is 35.8. The predicted molar refractivity (Wildman–Crippen MR) is 191 cm³/mol.